The molecule has 8 nitrogen and oxygen atoms in total. The standard InChI is InChI=1S/C30H55N3O5S/c1-8-20-24-17-19(34)11-14-30(24,7)23-12-15-29(6)21(9-10-22(29)25(23)26(20)35)18(2)13-16-31-27(36)32-39(37,38)33-28(3,4)5/h18-26,33-35H,8-17H2,1-7H3,(H2,31,32,36)/t18-,19-,20-,21-,22+,23+,24+,25+,26-,29-,30-/m1/s1. The normalized spacial score (nSPS) is 43.1. The van der Waals surface area contributed by atoms with Gasteiger partial charge in [0.05, 0.1) is 12.2 Å². The summed E-state index contributed by atoms with van der Waals surface area (Å²) in [6.07, 6.45) is 8.65. The summed E-state index contributed by atoms with van der Waals surface area (Å²) in [7, 11) is -3.92. The summed E-state index contributed by atoms with van der Waals surface area (Å²) in [5, 5.41) is 25.1. The Morgan fingerprint density at radius 2 is 1.64 bits per heavy atom. The maximum absolute atomic E-state index is 12.3. The third kappa shape index (κ3) is 6.02. The van der Waals surface area contributed by atoms with E-state index in [1.807, 2.05) is 0 Å². The Kier molecular flexibility index (Phi) is 8.81. The summed E-state index contributed by atoms with van der Waals surface area (Å²) in [4.78, 5) is 12.3. The van der Waals surface area contributed by atoms with Gasteiger partial charge in [-0.1, -0.05) is 34.1 Å². The van der Waals surface area contributed by atoms with Gasteiger partial charge in [-0.25, -0.2) is 9.52 Å². The van der Waals surface area contributed by atoms with Crippen LogP contribution >= 0.6 is 0 Å². The van der Waals surface area contributed by atoms with Crippen LogP contribution in [0.4, 0.5) is 4.79 Å². The lowest BCUT2D eigenvalue weighted by Gasteiger charge is -2.64. The van der Waals surface area contributed by atoms with E-state index < -0.39 is 21.8 Å². The molecule has 2 amide bonds. The highest BCUT2D eigenvalue weighted by molar-refractivity contribution is 7.88. The quantitative estimate of drug-likeness (QED) is 0.307. The highest BCUT2D eigenvalue weighted by Crippen LogP contribution is 2.69. The van der Waals surface area contributed by atoms with Gasteiger partial charge in [-0.05, 0) is 124 Å². The molecule has 0 aromatic heterocycles. The van der Waals surface area contributed by atoms with Crippen molar-refractivity contribution in [3.8, 4) is 0 Å². The minimum absolute atomic E-state index is 0.166. The first kappa shape index (κ1) is 31.0. The summed E-state index contributed by atoms with van der Waals surface area (Å²) in [6, 6.07) is -0.702. The average molecular weight is 570 g/mol. The van der Waals surface area contributed by atoms with Crippen molar-refractivity contribution >= 4 is 16.2 Å². The van der Waals surface area contributed by atoms with Crippen LogP contribution in [-0.2, 0) is 10.2 Å². The van der Waals surface area contributed by atoms with Crippen molar-refractivity contribution in [1.29, 1.82) is 0 Å². The number of hydrogen-bond donors (Lipinski definition) is 5. The van der Waals surface area contributed by atoms with Crippen LogP contribution in [0, 0.1) is 52.3 Å². The van der Waals surface area contributed by atoms with E-state index in [-0.39, 0.29) is 29.0 Å². The first-order valence-corrected chi connectivity index (χ1v) is 17.0. The predicted octanol–water partition coefficient (Wildman–Crippen LogP) is 4.57. The highest BCUT2D eigenvalue weighted by atomic mass is 32.2. The second kappa shape index (κ2) is 11.1. The summed E-state index contributed by atoms with van der Waals surface area (Å²) in [6.45, 7) is 15.0. The lowest BCUT2D eigenvalue weighted by Crippen LogP contribution is -2.62. The highest BCUT2D eigenvalue weighted by Gasteiger charge is 2.64. The van der Waals surface area contributed by atoms with E-state index in [9.17, 15) is 23.4 Å². The van der Waals surface area contributed by atoms with Crippen LogP contribution in [0.3, 0.4) is 0 Å². The Labute approximate surface area is 237 Å². The third-order valence-electron chi connectivity index (χ3n) is 11.7. The summed E-state index contributed by atoms with van der Waals surface area (Å²) >= 11 is 0. The smallest absolute Gasteiger partial charge is 0.329 e. The Balaban J connectivity index is 1.40. The number of rotatable bonds is 7. The van der Waals surface area contributed by atoms with Gasteiger partial charge in [0.1, 0.15) is 0 Å². The molecule has 9 heteroatoms. The van der Waals surface area contributed by atoms with Gasteiger partial charge in [0.2, 0.25) is 0 Å². The number of amides is 2. The van der Waals surface area contributed by atoms with Crippen molar-refractivity contribution in [2.45, 2.75) is 124 Å². The van der Waals surface area contributed by atoms with Gasteiger partial charge in [0.15, 0.2) is 0 Å². The fraction of sp³-hybridized carbons (Fsp3) is 0.967. The molecule has 226 valence electrons. The summed E-state index contributed by atoms with van der Waals surface area (Å²) in [5.74, 6) is 2.92. The van der Waals surface area contributed by atoms with Crippen molar-refractivity contribution in [2.24, 2.45) is 52.3 Å². The molecule has 4 rings (SSSR count). The van der Waals surface area contributed by atoms with Crippen molar-refractivity contribution < 1.29 is 23.4 Å². The first-order chi connectivity index (χ1) is 18.0. The van der Waals surface area contributed by atoms with Crippen LogP contribution in [0.15, 0.2) is 0 Å². The van der Waals surface area contributed by atoms with Gasteiger partial charge in [-0.15, -0.1) is 0 Å². The summed E-state index contributed by atoms with van der Waals surface area (Å²) in [5.41, 5.74) is -0.304. The zero-order valence-electron chi connectivity index (χ0n) is 25.3. The number of carbonyl (C=O) groups is 1. The molecule has 0 spiro atoms. The van der Waals surface area contributed by atoms with E-state index in [2.05, 4.69) is 42.5 Å². The lowest BCUT2D eigenvalue weighted by molar-refractivity contribution is -0.203. The molecule has 0 aliphatic heterocycles. The van der Waals surface area contributed by atoms with Crippen molar-refractivity contribution in [3.63, 3.8) is 0 Å². The van der Waals surface area contributed by atoms with E-state index in [0.29, 0.717) is 42.1 Å². The van der Waals surface area contributed by atoms with Crippen molar-refractivity contribution in [2.75, 3.05) is 6.54 Å². The zero-order chi connectivity index (χ0) is 29.0. The van der Waals surface area contributed by atoms with Gasteiger partial charge in [-0.2, -0.15) is 13.1 Å². The largest absolute Gasteiger partial charge is 0.393 e. The van der Waals surface area contributed by atoms with Gasteiger partial charge in [-0.3, -0.25) is 0 Å². The molecule has 4 aliphatic carbocycles. The number of carbonyl (C=O) groups excluding carboxylic acids is 1. The minimum Gasteiger partial charge on any atom is -0.393 e. The van der Waals surface area contributed by atoms with Gasteiger partial charge < -0.3 is 15.5 Å². The molecular formula is C30H55N3O5S. The molecule has 11 atom stereocenters. The Bertz CT molecular complexity index is 999. The molecule has 0 aromatic carbocycles. The van der Waals surface area contributed by atoms with E-state index in [1.165, 1.54) is 6.42 Å². The molecule has 0 unspecified atom stereocenters. The average Bonchev–Trinajstić information content (AvgIpc) is 3.15. The number of urea groups is 1. The Morgan fingerprint density at radius 3 is 2.28 bits per heavy atom. The molecule has 4 aliphatic rings. The lowest BCUT2D eigenvalue weighted by atomic mass is 9.41. The molecule has 4 fully saturated rings. The number of fused-ring (bicyclic) bond motifs is 5. The van der Waals surface area contributed by atoms with E-state index in [0.717, 1.165) is 51.4 Å². The fourth-order valence-corrected chi connectivity index (χ4v) is 11.3. The van der Waals surface area contributed by atoms with E-state index in [1.54, 1.807) is 20.8 Å². The predicted molar refractivity (Wildman–Crippen MR) is 154 cm³/mol. The van der Waals surface area contributed by atoms with Crippen molar-refractivity contribution in [3.05, 3.63) is 0 Å². The number of aliphatic hydroxyl groups is 2. The molecule has 0 aromatic rings. The maximum atomic E-state index is 12.3. The van der Waals surface area contributed by atoms with Gasteiger partial charge in [0, 0.05) is 12.1 Å². The topological polar surface area (TPSA) is 128 Å². The van der Waals surface area contributed by atoms with Crippen LogP contribution in [0.1, 0.15) is 106 Å². The van der Waals surface area contributed by atoms with E-state index in [4.69, 9.17) is 0 Å². The van der Waals surface area contributed by atoms with Crippen LogP contribution in [0.5, 0.6) is 0 Å². The molecule has 0 radical (unpaired) electrons. The minimum atomic E-state index is -3.92. The Hall–Kier alpha value is -0.900. The number of hydrogen-bond acceptors (Lipinski definition) is 5. The zero-order valence-corrected chi connectivity index (χ0v) is 26.1. The molecule has 0 bridgehead atoms. The molecular weight excluding hydrogens is 514 g/mol. The van der Waals surface area contributed by atoms with Crippen LogP contribution in [0.25, 0.3) is 0 Å². The first-order valence-electron chi connectivity index (χ1n) is 15.5. The van der Waals surface area contributed by atoms with Crippen molar-refractivity contribution in [1.82, 2.24) is 14.8 Å². The number of nitrogens with one attached hydrogen (secondary N) is 3. The van der Waals surface area contributed by atoms with Gasteiger partial charge in [0.25, 0.3) is 0 Å². The van der Waals surface area contributed by atoms with Gasteiger partial charge >= 0.3 is 16.2 Å². The molecule has 4 saturated carbocycles. The third-order valence-corrected chi connectivity index (χ3v) is 13.0. The van der Waals surface area contributed by atoms with Crippen LogP contribution in [-0.4, -0.2) is 49.0 Å². The summed E-state index contributed by atoms with van der Waals surface area (Å²) < 4.78 is 28.8. The second-order valence-corrected chi connectivity index (χ2v) is 16.5. The Morgan fingerprint density at radius 1 is 1.00 bits per heavy atom. The molecule has 39 heavy (non-hydrogen) atoms. The molecule has 5 N–H and O–H groups in total. The second-order valence-electron chi connectivity index (χ2n) is 15.1. The number of aliphatic hydroxyl groups excluding tert-OH is 2. The SMILES string of the molecule is CC[C@H]1[C@@H](O)[C@@H]2[C@H](CC[C@]3(C)[C@@H]([C@H](C)CCNC(=O)NS(=O)(=O)NC(C)(C)C)CC[C@@H]23)[C@@]2(C)CC[C@@H](O)C[C@@H]12. The molecule has 0 saturated heterocycles. The maximum Gasteiger partial charge on any atom is 0.329 e. The monoisotopic (exact) mass is 569 g/mol. The fourth-order valence-electron chi connectivity index (χ4n) is 10.1. The van der Waals surface area contributed by atoms with Crippen LogP contribution in [0.2, 0.25) is 0 Å². The molecule has 0 heterocycles. The van der Waals surface area contributed by atoms with Crippen LogP contribution < -0.4 is 14.8 Å². The van der Waals surface area contributed by atoms with E-state index >= 15 is 0 Å².